The SMILES string of the molecule is Cc1cc(C#CSI)cc(C)c1Br. The van der Waals surface area contributed by atoms with Crippen LogP contribution in [0.4, 0.5) is 0 Å². The lowest BCUT2D eigenvalue weighted by Gasteiger charge is -2.02. The average Bonchev–Trinajstić information content (AvgIpc) is 2.10. The van der Waals surface area contributed by atoms with E-state index in [1.807, 2.05) is 0 Å². The molecule has 0 saturated heterocycles. The molecule has 0 unspecified atom stereocenters. The first-order valence-corrected chi connectivity index (χ1v) is 7.85. The molecule has 0 bridgehead atoms. The molecule has 3 heteroatoms. The van der Waals surface area contributed by atoms with E-state index in [1.165, 1.54) is 24.5 Å². The fourth-order valence-electron chi connectivity index (χ4n) is 1.10. The lowest BCUT2D eigenvalue weighted by atomic mass is 10.1. The Morgan fingerprint density at radius 1 is 1.31 bits per heavy atom. The van der Waals surface area contributed by atoms with Crippen LogP contribution in [0.25, 0.3) is 0 Å². The molecule has 0 nitrogen and oxygen atoms in total. The summed E-state index contributed by atoms with van der Waals surface area (Å²) in [7, 11) is 1.51. The lowest BCUT2D eigenvalue weighted by Crippen LogP contribution is -1.84. The van der Waals surface area contributed by atoms with Gasteiger partial charge in [-0.3, -0.25) is 0 Å². The van der Waals surface area contributed by atoms with Crippen LogP contribution in [0.15, 0.2) is 16.6 Å². The quantitative estimate of drug-likeness (QED) is 0.482. The zero-order valence-electron chi connectivity index (χ0n) is 7.32. The Hall–Kier alpha value is 0.340. The van der Waals surface area contributed by atoms with Gasteiger partial charge < -0.3 is 0 Å². The molecule has 0 amide bonds. The van der Waals surface area contributed by atoms with Crippen molar-refractivity contribution in [1.29, 1.82) is 0 Å². The molecular formula is C10H8BrIS. The van der Waals surface area contributed by atoms with Crippen molar-refractivity contribution in [1.82, 2.24) is 0 Å². The van der Waals surface area contributed by atoms with Crippen molar-refractivity contribution >= 4 is 46.1 Å². The molecule has 0 heterocycles. The highest BCUT2D eigenvalue weighted by atomic mass is 127. The predicted molar refractivity (Wildman–Crippen MR) is 72.1 cm³/mol. The standard InChI is InChI=1S/C10H8BrIS/c1-7-5-9(3-4-13-12)6-8(2)10(7)11/h5-6H,1-2H3. The molecule has 0 spiro atoms. The molecule has 0 fully saturated rings. The van der Waals surface area contributed by atoms with Crippen LogP contribution in [0.2, 0.25) is 0 Å². The average molecular weight is 367 g/mol. The zero-order chi connectivity index (χ0) is 9.84. The molecule has 68 valence electrons. The Kier molecular flexibility index (Phi) is 4.63. The summed E-state index contributed by atoms with van der Waals surface area (Å²) >= 11 is 5.70. The number of halogens is 2. The minimum atomic E-state index is 1.09. The summed E-state index contributed by atoms with van der Waals surface area (Å²) in [4.78, 5) is 0. The van der Waals surface area contributed by atoms with Crippen molar-refractivity contribution in [2.75, 3.05) is 0 Å². The molecule has 13 heavy (non-hydrogen) atoms. The van der Waals surface area contributed by atoms with Gasteiger partial charge in [0.2, 0.25) is 0 Å². The lowest BCUT2D eigenvalue weighted by molar-refractivity contribution is 1.33. The van der Waals surface area contributed by atoms with Crippen molar-refractivity contribution in [3.8, 4) is 11.2 Å². The summed E-state index contributed by atoms with van der Waals surface area (Å²) in [5, 5.41) is 2.98. The van der Waals surface area contributed by atoms with Gasteiger partial charge in [-0.2, -0.15) is 0 Å². The summed E-state index contributed by atoms with van der Waals surface area (Å²) in [5.74, 6) is 3.09. The van der Waals surface area contributed by atoms with E-state index in [0.717, 1.165) is 5.56 Å². The van der Waals surface area contributed by atoms with Crippen molar-refractivity contribution < 1.29 is 0 Å². The van der Waals surface area contributed by atoms with Gasteiger partial charge >= 0.3 is 0 Å². The zero-order valence-corrected chi connectivity index (χ0v) is 11.9. The van der Waals surface area contributed by atoms with Crippen molar-refractivity contribution in [3.63, 3.8) is 0 Å². The van der Waals surface area contributed by atoms with E-state index in [2.05, 4.69) is 74.3 Å². The minimum absolute atomic E-state index is 1.09. The molecule has 1 aromatic carbocycles. The van der Waals surface area contributed by atoms with Crippen molar-refractivity contribution in [2.24, 2.45) is 0 Å². The third kappa shape index (κ3) is 3.19. The van der Waals surface area contributed by atoms with Crippen LogP contribution in [-0.4, -0.2) is 0 Å². The van der Waals surface area contributed by atoms with E-state index in [9.17, 15) is 0 Å². The van der Waals surface area contributed by atoms with Gasteiger partial charge in [-0.25, -0.2) is 0 Å². The molecule has 0 aliphatic heterocycles. The molecule has 1 aromatic rings. The van der Waals surface area contributed by atoms with E-state index >= 15 is 0 Å². The van der Waals surface area contributed by atoms with Crippen LogP contribution in [0, 0.1) is 25.0 Å². The molecule has 0 radical (unpaired) electrons. The van der Waals surface area contributed by atoms with Crippen molar-refractivity contribution in [2.45, 2.75) is 13.8 Å². The van der Waals surface area contributed by atoms with Gasteiger partial charge in [0.15, 0.2) is 0 Å². The smallest absolute Gasteiger partial charge is 0.0260 e. The molecule has 1 rings (SSSR count). The van der Waals surface area contributed by atoms with E-state index in [0.29, 0.717) is 0 Å². The van der Waals surface area contributed by atoms with E-state index < -0.39 is 0 Å². The first-order valence-electron chi connectivity index (χ1n) is 3.70. The number of benzene rings is 1. The number of hydrogen-bond acceptors (Lipinski definition) is 1. The van der Waals surface area contributed by atoms with E-state index in [1.54, 1.807) is 0 Å². The van der Waals surface area contributed by atoms with Crippen LogP contribution in [0.3, 0.4) is 0 Å². The minimum Gasteiger partial charge on any atom is -0.0542 e. The largest absolute Gasteiger partial charge is 0.0542 e. The molecule has 0 saturated carbocycles. The van der Waals surface area contributed by atoms with Crippen LogP contribution >= 0.6 is 46.1 Å². The highest BCUT2D eigenvalue weighted by Crippen LogP contribution is 2.22. The fraction of sp³-hybridized carbons (Fsp3) is 0.200. The van der Waals surface area contributed by atoms with Crippen LogP contribution in [-0.2, 0) is 0 Å². The van der Waals surface area contributed by atoms with Gasteiger partial charge in [0.25, 0.3) is 0 Å². The maximum absolute atomic E-state index is 3.53. The van der Waals surface area contributed by atoms with Gasteiger partial charge in [-0.1, -0.05) is 21.9 Å². The summed E-state index contributed by atoms with van der Waals surface area (Å²) in [5.41, 5.74) is 3.56. The number of hydrogen-bond donors (Lipinski definition) is 0. The Labute approximate surface area is 104 Å². The molecule has 0 aliphatic carbocycles. The molecule has 0 N–H and O–H groups in total. The van der Waals surface area contributed by atoms with Crippen LogP contribution in [0.5, 0.6) is 0 Å². The third-order valence-electron chi connectivity index (χ3n) is 1.67. The third-order valence-corrected chi connectivity index (χ3v) is 3.76. The first kappa shape index (κ1) is 11.4. The topological polar surface area (TPSA) is 0 Å². The summed E-state index contributed by atoms with van der Waals surface area (Å²) < 4.78 is 1.18. The highest BCUT2D eigenvalue weighted by molar-refractivity contribution is 14.2. The maximum atomic E-state index is 3.53. The Bertz CT molecular complexity index is 353. The monoisotopic (exact) mass is 366 g/mol. The second kappa shape index (κ2) is 5.28. The van der Waals surface area contributed by atoms with E-state index in [-0.39, 0.29) is 0 Å². The normalized spacial score (nSPS) is 9.23. The van der Waals surface area contributed by atoms with Gasteiger partial charge in [-0.05, 0) is 51.3 Å². The maximum Gasteiger partial charge on any atom is 0.0260 e. The predicted octanol–water partition coefficient (Wildman–Crippen LogP) is 4.46. The Balaban J connectivity index is 3.13. The van der Waals surface area contributed by atoms with Crippen LogP contribution < -0.4 is 0 Å². The van der Waals surface area contributed by atoms with Gasteiger partial charge in [0.05, 0.1) is 0 Å². The Morgan fingerprint density at radius 2 is 1.85 bits per heavy atom. The molecule has 0 atom stereocenters. The van der Waals surface area contributed by atoms with Gasteiger partial charge in [0.1, 0.15) is 0 Å². The van der Waals surface area contributed by atoms with Crippen LogP contribution in [0.1, 0.15) is 16.7 Å². The summed E-state index contributed by atoms with van der Waals surface area (Å²) in [6.45, 7) is 4.17. The number of rotatable bonds is 0. The van der Waals surface area contributed by atoms with Gasteiger partial charge in [-0.15, -0.1) is 0 Å². The molecule has 0 aliphatic rings. The highest BCUT2D eigenvalue weighted by Gasteiger charge is 1.99. The second-order valence-electron chi connectivity index (χ2n) is 2.73. The first-order chi connectivity index (χ1) is 6.15. The Morgan fingerprint density at radius 3 is 2.31 bits per heavy atom. The van der Waals surface area contributed by atoms with Crippen molar-refractivity contribution in [3.05, 3.63) is 33.3 Å². The summed E-state index contributed by atoms with van der Waals surface area (Å²) in [6, 6.07) is 4.19. The molecular weight excluding hydrogens is 359 g/mol. The van der Waals surface area contributed by atoms with E-state index in [4.69, 9.17) is 0 Å². The van der Waals surface area contributed by atoms with Gasteiger partial charge in [0, 0.05) is 31.2 Å². The number of aryl methyl sites for hydroxylation is 2. The summed E-state index contributed by atoms with van der Waals surface area (Å²) in [6.07, 6.45) is 0. The second-order valence-corrected chi connectivity index (χ2v) is 5.20. The fourth-order valence-corrected chi connectivity index (χ4v) is 1.81. The molecule has 0 aromatic heterocycles.